The van der Waals surface area contributed by atoms with Gasteiger partial charge in [-0.1, -0.05) is 29.5 Å². The Morgan fingerprint density at radius 2 is 1.90 bits per heavy atom. The van der Waals surface area contributed by atoms with Gasteiger partial charge in [-0.05, 0) is 48.4 Å². The molecule has 3 aromatic rings. The first-order chi connectivity index (χ1) is 14.1. The van der Waals surface area contributed by atoms with E-state index in [1.807, 2.05) is 55.5 Å². The third-order valence-electron chi connectivity index (χ3n) is 3.78. The molecule has 150 valence electrons. The molecular weight excluding hydrogens is 390 g/mol. The predicted octanol–water partition coefficient (Wildman–Crippen LogP) is 2.58. The lowest BCUT2D eigenvalue weighted by molar-refractivity contribution is -0.120. The Labute approximate surface area is 172 Å². The van der Waals surface area contributed by atoms with Gasteiger partial charge in [0.1, 0.15) is 29.7 Å². The van der Waals surface area contributed by atoms with Gasteiger partial charge in [0.15, 0.2) is 0 Å². The molecule has 0 atom stereocenters. The molecule has 3 rings (SSSR count). The number of ether oxygens (including phenoxy) is 2. The Hall–Kier alpha value is -3.46. The lowest BCUT2D eigenvalue weighted by Gasteiger charge is -2.10. The zero-order valence-corrected chi connectivity index (χ0v) is 16.7. The molecule has 0 aliphatic heterocycles. The van der Waals surface area contributed by atoms with Crippen molar-refractivity contribution < 1.29 is 14.3 Å². The van der Waals surface area contributed by atoms with Crippen LogP contribution in [0.1, 0.15) is 16.1 Å². The molecule has 2 aromatic carbocycles. The normalized spacial score (nSPS) is 10.8. The summed E-state index contributed by atoms with van der Waals surface area (Å²) in [6, 6.07) is 15.2. The monoisotopic (exact) mass is 411 g/mol. The zero-order valence-electron chi connectivity index (χ0n) is 15.9. The molecule has 1 heterocycles. The van der Waals surface area contributed by atoms with E-state index in [9.17, 15) is 4.79 Å². The molecule has 0 unspecified atom stereocenters. The molecule has 29 heavy (non-hydrogen) atoms. The highest BCUT2D eigenvalue weighted by Gasteiger charge is 2.07. The molecule has 0 fully saturated rings. The van der Waals surface area contributed by atoms with Crippen LogP contribution in [0.3, 0.4) is 0 Å². The van der Waals surface area contributed by atoms with E-state index in [1.54, 1.807) is 6.21 Å². The SMILES string of the molecule is Cc1ccccc1OCCOc1ccc(/C=N/NC(=O)Cc2nnc(N)s2)cc1. The lowest BCUT2D eigenvalue weighted by atomic mass is 10.2. The summed E-state index contributed by atoms with van der Waals surface area (Å²) >= 11 is 1.17. The fraction of sp³-hybridized carbons (Fsp3) is 0.200. The number of hydrogen-bond acceptors (Lipinski definition) is 8. The molecule has 1 aromatic heterocycles. The van der Waals surface area contributed by atoms with Crippen LogP contribution in [0.15, 0.2) is 53.6 Å². The van der Waals surface area contributed by atoms with Crippen molar-refractivity contribution in [2.75, 3.05) is 18.9 Å². The van der Waals surface area contributed by atoms with Crippen molar-refractivity contribution in [1.29, 1.82) is 0 Å². The second-order valence-electron chi connectivity index (χ2n) is 6.04. The number of aromatic nitrogens is 2. The molecule has 0 spiro atoms. The fourth-order valence-electron chi connectivity index (χ4n) is 2.37. The minimum absolute atomic E-state index is 0.0869. The minimum atomic E-state index is -0.286. The van der Waals surface area contributed by atoms with Gasteiger partial charge in [-0.25, -0.2) is 5.43 Å². The van der Waals surface area contributed by atoms with Crippen molar-refractivity contribution in [1.82, 2.24) is 15.6 Å². The zero-order chi connectivity index (χ0) is 20.5. The smallest absolute Gasteiger partial charge is 0.247 e. The van der Waals surface area contributed by atoms with E-state index < -0.39 is 0 Å². The van der Waals surface area contributed by atoms with Crippen LogP contribution < -0.4 is 20.6 Å². The molecule has 0 aliphatic carbocycles. The number of amides is 1. The number of para-hydroxylation sites is 1. The van der Waals surface area contributed by atoms with E-state index in [0.29, 0.717) is 23.4 Å². The van der Waals surface area contributed by atoms with Gasteiger partial charge >= 0.3 is 0 Å². The summed E-state index contributed by atoms with van der Waals surface area (Å²) in [5.74, 6) is 1.30. The molecular formula is C20H21N5O3S. The fourth-order valence-corrected chi connectivity index (χ4v) is 2.98. The topological polar surface area (TPSA) is 112 Å². The highest BCUT2D eigenvalue weighted by Crippen LogP contribution is 2.16. The summed E-state index contributed by atoms with van der Waals surface area (Å²) < 4.78 is 11.4. The maximum atomic E-state index is 11.8. The van der Waals surface area contributed by atoms with Gasteiger partial charge < -0.3 is 15.2 Å². The number of anilines is 1. The number of aryl methyl sites for hydroxylation is 1. The van der Waals surface area contributed by atoms with Crippen molar-refractivity contribution >= 4 is 28.6 Å². The Morgan fingerprint density at radius 3 is 2.62 bits per heavy atom. The van der Waals surface area contributed by atoms with Crippen LogP contribution in [-0.4, -0.2) is 35.5 Å². The van der Waals surface area contributed by atoms with Crippen molar-refractivity contribution in [2.24, 2.45) is 5.10 Å². The van der Waals surface area contributed by atoms with Gasteiger partial charge in [0.2, 0.25) is 11.0 Å². The standard InChI is InChI=1S/C20H21N5O3S/c1-14-4-2-3-5-17(14)28-11-10-27-16-8-6-15(7-9-16)13-22-23-18(26)12-19-24-25-20(21)29-19/h2-9,13H,10-12H2,1H3,(H2,21,25)(H,23,26)/b22-13+. The number of carbonyl (C=O) groups excluding carboxylic acids is 1. The maximum absolute atomic E-state index is 11.8. The van der Waals surface area contributed by atoms with Crippen LogP contribution in [0, 0.1) is 6.92 Å². The largest absolute Gasteiger partial charge is 0.490 e. The van der Waals surface area contributed by atoms with Crippen LogP contribution >= 0.6 is 11.3 Å². The van der Waals surface area contributed by atoms with E-state index in [4.69, 9.17) is 15.2 Å². The average Bonchev–Trinajstić information content (AvgIpc) is 3.12. The highest BCUT2D eigenvalue weighted by molar-refractivity contribution is 7.15. The van der Waals surface area contributed by atoms with E-state index in [2.05, 4.69) is 20.7 Å². The first kappa shape index (κ1) is 20.3. The van der Waals surface area contributed by atoms with Gasteiger partial charge in [0, 0.05) is 0 Å². The molecule has 1 amide bonds. The highest BCUT2D eigenvalue weighted by atomic mass is 32.1. The number of hydrazone groups is 1. The number of nitrogens with one attached hydrogen (secondary N) is 1. The molecule has 0 radical (unpaired) electrons. The molecule has 3 N–H and O–H groups in total. The number of carbonyl (C=O) groups is 1. The molecule has 9 heteroatoms. The first-order valence-corrected chi connectivity index (χ1v) is 9.73. The molecule has 0 saturated carbocycles. The summed E-state index contributed by atoms with van der Waals surface area (Å²) in [6.45, 7) is 2.90. The molecule has 0 saturated heterocycles. The summed E-state index contributed by atoms with van der Waals surface area (Å²) in [4.78, 5) is 11.8. The number of rotatable bonds is 9. The summed E-state index contributed by atoms with van der Waals surface area (Å²) in [5, 5.41) is 12.3. The van der Waals surface area contributed by atoms with Crippen LogP contribution in [0.4, 0.5) is 5.13 Å². The number of nitrogen functional groups attached to an aromatic ring is 1. The summed E-state index contributed by atoms with van der Waals surface area (Å²) in [7, 11) is 0. The Bertz CT molecular complexity index is 972. The maximum Gasteiger partial charge on any atom is 0.247 e. The Kier molecular flexibility index (Phi) is 7.12. The predicted molar refractivity (Wildman–Crippen MR) is 112 cm³/mol. The minimum Gasteiger partial charge on any atom is -0.490 e. The summed E-state index contributed by atoms with van der Waals surface area (Å²) in [6.07, 6.45) is 1.64. The Morgan fingerprint density at radius 1 is 1.14 bits per heavy atom. The number of hydrogen-bond donors (Lipinski definition) is 2. The van der Waals surface area contributed by atoms with Gasteiger partial charge in [-0.2, -0.15) is 5.10 Å². The average molecular weight is 411 g/mol. The van der Waals surface area contributed by atoms with Crippen LogP contribution in [0.5, 0.6) is 11.5 Å². The van der Waals surface area contributed by atoms with Crippen molar-refractivity contribution in [3.05, 3.63) is 64.7 Å². The first-order valence-electron chi connectivity index (χ1n) is 8.91. The van der Waals surface area contributed by atoms with Crippen LogP contribution in [0.2, 0.25) is 0 Å². The van der Waals surface area contributed by atoms with Gasteiger partial charge in [-0.3, -0.25) is 4.79 Å². The van der Waals surface area contributed by atoms with E-state index in [0.717, 1.165) is 22.6 Å². The number of nitrogens with zero attached hydrogens (tertiary/aromatic N) is 3. The molecule has 0 bridgehead atoms. The summed E-state index contributed by atoms with van der Waals surface area (Å²) in [5.41, 5.74) is 9.85. The van der Waals surface area contributed by atoms with Crippen molar-refractivity contribution in [3.8, 4) is 11.5 Å². The van der Waals surface area contributed by atoms with E-state index in [-0.39, 0.29) is 12.3 Å². The van der Waals surface area contributed by atoms with E-state index >= 15 is 0 Å². The van der Waals surface area contributed by atoms with Crippen LogP contribution in [-0.2, 0) is 11.2 Å². The number of benzene rings is 2. The van der Waals surface area contributed by atoms with Gasteiger partial charge in [0.25, 0.3) is 0 Å². The van der Waals surface area contributed by atoms with Gasteiger partial charge in [0.05, 0.1) is 12.6 Å². The van der Waals surface area contributed by atoms with Crippen molar-refractivity contribution in [3.63, 3.8) is 0 Å². The Balaban J connectivity index is 1.38. The third kappa shape index (κ3) is 6.58. The van der Waals surface area contributed by atoms with E-state index in [1.165, 1.54) is 11.3 Å². The lowest BCUT2D eigenvalue weighted by Crippen LogP contribution is -2.19. The number of nitrogens with two attached hydrogens (primary N) is 1. The quantitative estimate of drug-likeness (QED) is 0.318. The van der Waals surface area contributed by atoms with Crippen LogP contribution in [0.25, 0.3) is 0 Å². The molecule has 0 aliphatic rings. The van der Waals surface area contributed by atoms with Gasteiger partial charge in [-0.15, -0.1) is 10.2 Å². The van der Waals surface area contributed by atoms with Crippen molar-refractivity contribution in [2.45, 2.75) is 13.3 Å². The second kappa shape index (κ2) is 10.2. The molecule has 8 nitrogen and oxygen atoms in total. The second-order valence-corrected chi connectivity index (χ2v) is 7.13. The third-order valence-corrected chi connectivity index (χ3v) is 4.53.